The van der Waals surface area contributed by atoms with E-state index in [4.69, 9.17) is 10.8 Å². The summed E-state index contributed by atoms with van der Waals surface area (Å²) in [6.07, 6.45) is 3.26. The number of nitrogens with zero attached hydrogens (tertiary/aromatic N) is 2. The van der Waals surface area contributed by atoms with Crippen molar-refractivity contribution in [2.75, 3.05) is 17.7 Å². The lowest BCUT2D eigenvalue weighted by molar-refractivity contribution is 0.281. The lowest BCUT2D eigenvalue weighted by Gasteiger charge is -2.15. The third-order valence-electron chi connectivity index (χ3n) is 2.14. The van der Waals surface area contributed by atoms with E-state index in [-0.39, 0.29) is 12.6 Å². The number of nitrogens with two attached hydrogens (primary N) is 1. The molecule has 84 valence electrons. The fraction of sp³-hybridized carbons (Fsp3) is 0.600. The van der Waals surface area contributed by atoms with Crippen molar-refractivity contribution in [2.45, 2.75) is 32.7 Å². The molecule has 5 nitrogen and oxygen atoms in total. The number of aliphatic hydroxyl groups is 1. The van der Waals surface area contributed by atoms with E-state index in [2.05, 4.69) is 22.2 Å². The van der Waals surface area contributed by atoms with E-state index >= 15 is 0 Å². The Labute approximate surface area is 89.7 Å². The minimum atomic E-state index is -0.0325. The van der Waals surface area contributed by atoms with Gasteiger partial charge in [0.25, 0.3) is 0 Å². The van der Waals surface area contributed by atoms with E-state index in [0.29, 0.717) is 5.82 Å². The molecular formula is C10H18N4O. The van der Waals surface area contributed by atoms with Crippen LogP contribution in [0.25, 0.3) is 0 Å². The Morgan fingerprint density at radius 2 is 2.27 bits per heavy atom. The molecule has 0 aliphatic rings. The van der Waals surface area contributed by atoms with Crippen LogP contribution in [0.3, 0.4) is 0 Å². The zero-order valence-electron chi connectivity index (χ0n) is 9.20. The van der Waals surface area contributed by atoms with Gasteiger partial charge in [0, 0.05) is 11.6 Å². The van der Waals surface area contributed by atoms with Gasteiger partial charge in [0.1, 0.15) is 18.0 Å². The number of aliphatic hydroxyl groups excluding tert-OH is 1. The highest BCUT2D eigenvalue weighted by molar-refractivity contribution is 5.55. The maximum atomic E-state index is 8.95. The molecule has 0 bridgehead atoms. The highest BCUT2D eigenvalue weighted by atomic mass is 16.3. The smallest absolute Gasteiger partial charge is 0.134 e. The Hall–Kier alpha value is -1.36. The maximum Gasteiger partial charge on any atom is 0.134 e. The summed E-state index contributed by atoms with van der Waals surface area (Å²) in [5.41, 5.74) is 6.70. The summed E-state index contributed by atoms with van der Waals surface area (Å²) in [5.74, 6) is 1.24. The van der Waals surface area contributed by atoms with Gasteiger partial charge < -0.3 is 16.2 Å². The van der Waals surface area contributed by atoms with Gasteiger partial charge in [0.15, 0.2) is 0 Å². The summed E-state index contributed by atoms with van der Waals surface area (Å²) in [6, 6.07) is -0.0325. The summed E-state index contributed by atoms with van der Waals surface area (Å²) in [5, 5.41) is 12.1. The second kappa shape index (κ2) is 5.50. The van der Waals surface area contributed by atoms with Crippen molar-refractivity contribution < 1.29 is 5.11 Å². The summed E-state index contributed by atoms with van der Waals surface area (Å²) in [7, 11) is 0. The average molecular weight is 210 g/mol. The normalized spacial score (nSPS) is 12.5. The van der Waals surface area contributed by atoms with Gasteiger partial charge >= 0.3 is 0 Å². The predicted octanol–water partition coefficient (Wildman–Crippen LogP) is 0.804. The van der Waals surface area contributed by atoms with Gasteiger partial charge in [-0.05, 0) is 13.3 Å². The third-order valence-corrected chi connectivity index (χ3v) is 2.14. The topological polar surface area (TPSA) is 84.1 Å². The van der Waals surface area contributed by atoms with E-state index in [1.54, 1.807) is 0 Å². The number of nitrogens with one attached hydrogen (secondary N) is 1. The molecule has 0 spiro atoms. The molecule has 1 unspecified atom stereocenters. The van der Waals surface area contributed by atoms with Gasteiger partial charge in [-0.1, -0.05) is 13.3 Å². The predicted molar refractivity (Wildman–Crippen MR) is 60.6 cm³/mol. The molecule has 1 atom stereocenters. The molecule has 0 amide bonds. The first-order valence-corrected chi connectivity index (χ1v) is 5.15. The molecule has 1 aromatic heterocycles. The van der Waals surface area contributed by atoms with Crippen molar-refractivity contribution in [3.8, 4) is 0 Å². The van der Waals surface area contributed by atoms with Gasteiger partial charge in [-0.15, -0.1) is 0 Å². The fourth-order valence-electron chi connectivity index (χ4n) is 1.33. The minimum absolute atomic E-state index is 0.0325. The lowest BCUT2D eigenvalue weighted by atomic mass is 10.1. The highest BCUT2D eigenvalue weighted by Gasteiger charge is 2.09. The Balaban J connectivity index is 2.89. The Morgan fingerprint density at radius 1 is 1.53 bits per heavy atom. The van der Waals surface area contributed by atoms with Crippen LogP contribution < -0.4 is 11.1 Å². The van der Waals surface area contributed by atoms with Crippen LogP contribution in [0.15, 0.2) is 6.33 Å². The molecule has 15 heavy (non-hydrogen) atoms. The molecule has 1 heterocycles. The molecule has 0 radical (unpaired) electrons. The van der Waals surface area contributed by atoms with E-state index < -0.39 is 0 Å². The van der Waals surface area contributed by atoms with Crippen LogP contribution in [0.1, 0.15) is 25.8 Å². The van der Waals surface area contributed by atoms with Crippen LogP contribution in [-0.2, 0) is 6.42 Å². The SMILES string of the molecule is CCCc1c(N)ncnc1NC(C)CO. The van der Waals surface area contributed by atoms with Crippen molar-refractivity contribution in [2.24, 2.45) is 0 Å². The van der Waals surface area contributed by atoms with E-state index in [9.17, 15) is 0 Å². The standard InChI is InChI=1S/C10H18N4O/c1-3-4-8-9(11)12-6-13-10(8)14-7(2)5-15/h6-7,15H,3-5H2,1-2H3,(H3,11,12,13,14). The molecule has 0 aliphatic carbocycles. The Morgan fingerprint density at radius 3 is 2.87 bits per heavy atom. The van der Waals surface area contributed by atoms with Crippen LogP contribution in [0, 0.1) is 0 Å². The van der Waals surface area contributed by atoms with Crippen LogP contribution in [0.5, 0.6) is 0 Å². The number of nitrogen functional groups attached to an aromatic ring is 1. The largest absolute Gasteiger partial charge is 0.394 e. The van der Waals surface area contributed by atoms with Gasteiger partial charge in [0.05, 0.1) is 6.61 Å². The lowest BCUT2D eigenvalue weighted by Crippen LogP contribution is -2.21. The second-order valence-corrected chi connectivity index (χ2v) is 3.56. The van der Waals surface area contributed by atoms with Gasteiger partial charge in [0.2, 0.25) is 0 Å². The maximum absolute atomic E-state index is 8.95. The number of aromatic nitrogens is 2. The molecular weight excluding hydrogens is 192 g/mol. The van der Waals surface area contributed by atoms with Gasteiger partial charge in [-0.25, -0.2) is 9.97 Å². The zero-order chi connectivity index (χ0) is 11.3. The summed E-state index contributed by atoms with van der Waals surface area (Å²) in [6.45, 7) is 4.02. The molecule has 0 saturated carbocycles. The van der Waals surface area contributed by atoms with E-state index in [1.165, 1.54) is 6.33 Å². The molecule has 0 saturated heterocycles. The monoisotopic (exact) mass is 210 g/mol. The number of hydrogen-bond donors (Lipinski definition) is 3. The molecule has 4 N–H and O–H groups in total. The molecule has 0 fully saturated rings. The molecule has 0 aliphatic heterocycles. The first-order valence-electron chi connectivity index (χ1n) is 5.15. The molecule has 1 rings (SSSR count). The quantitative estimate of drug-likeness (QED) is 0.669. The van der Waals surface area contributed by atoms with Crippen LogP contribution in [0.2, 0.25) is 0 Å². The molecule has 1 aromatic rings. The Kier molecular flexibility index (Phi) is 4.30. The van der Waals surface area contributed by atoms with Crippen molar-refractivity contribution in [1.82, 2.24) is 9.97 Å². The van der Waals surface area contributed by atoms with E-state index in [1.807, 2.05) is 6.92 Å². The molecule has 0 aromatic carbocycles. The highest BCUT2D eigenvalue weighted by Crippen LogP contribution is 2.19. The van der Waals surface area contributed by atoms with Crippen molar-refractivity contribution in [3.63, 3.8) is 0 Å². The number of hydrogen-bond acceptors (Lipinski definition) is 5. The first-order chi connectivity index (χ1) is 7.19. The van der Waals surface area contributed by atoms with Crippen LogP contribution >= 0.6 is 0 Å². The first kappa shape index (κ1) is 11.7. The van der Waals surface area contributed by atoms with Crippen molar-refractivity contribution >= 4 is 11.6 Å². The van der Waals surface area contributed by atoms with E-state index in [0.717, 1.165) is 24.2 Å². The minimum Gasteiger partial charge on any atom is -0.394 e. The van der Waals surface area contributed by atoms with Gasteiger partial charge in [-0.2, -0.15) is 0 Å². The summed E-state index contributed by atoms with van der Waals surface area (Å²) >= 11 is 0. The number of rotatable bonds is 5. The molecule has 5 heteroatoms. The average Bonchev–Trinajstić information content (AvgIpc) is 2.23. The zero-order valence-corrected chi connectivity index (χ0v) is 9.20. The fourth-order valence-corrected chi connectivity index (χ4v) is 1.33. The van der Waals surface area contributed by atoms with Crippen molar-refractivity contribution in [1.29, 1.82) is 0 Å². The summed E-state index contributed by atoms with van der Waals surface area (Å²) < 4.78 is 0. The third kappa shape index (κ3) is 3.06. The van der Waals surface area contributed by atoms with Crippen molar-refractivity contribution in [3.05, 3.63) is 11.9 Å². The van der Waals surface area contributed by atoms with Crippen LogP contribution in [-0.4, -0.2) is 27.7 Å². The van der Waals surface area contributed by atoms with Gasteiger partial charge in [-0.3, -0.25) is 0 Å². The number of anilines is 2. The second-order valence-electron chi connectivity index (χ2n) is 3.56. The summed E-state index contributed by atoms with van der Waals surface area (Å²) in [4.78, 5) is 8.09. The Bertz CT molecular complexity index is 316. The van der Waals surface area contributed by atoms with Crippen LogP contribution in [0.4, 0.5) is 11.6 Å².